The number of nitrogens with zero attached hydrogens (tertiary/aromatic N) is 1. The number of hydrogen-bond acceptors (Lipinski definition) is 4. The summed E-state index contributed by atoms with van der Waals surface area (Å²) >= 11 is 1.59. The van der Waals surface area contributed by atoms with E-state index in [1.54, 1.807) is 28.9 Å². The fraction of sp³-hybridized carbons (Fsp3) is 0.0769. The van der Waals surface area contributed by atoms with Gasteiger partial charge in [-0.1, -0.05) is 12.1 Å². The molecule has 0 saturated heterocycles. The van der Waals surface area contributed by atoms with E-state index in [1.807, 2.05) is 22.9 Å². The van der Waals surface area contributed by atoms with Crippen molar-refractivity contribution in [2.45, 2.75) is 5.75 Å². The Hall–Kier alpha value is -1.79. The first kappa shape index (κ1) is 13.6. The molecule has 2 rings (SSSR count). The third-order valence-electron chi connectivity index (χ3n) is 2.41. The molecule has 0 radical (unpaired) electrons. The lowest BCUT2D eigenvalue weighted by Crippen LogP contribution is -1.93. The Balaban J connectivity index is 1.97. The quantitative estimate of drug-likeness (QED) is 0.625. The molecule has 0 bridgehead atoms. The molecule has 0 fully saturated rings. The van der Waals surface area contributed by atoms with Gasteiger partial charge in [0.15, 0.2) is 0 Å². The van der Waals surface area contributed by atoms with Crippen LogP contribution >= 0.6 is 11.3 Å². The van der Waals surface area contributed by atoms with Crippen LogP contribution in [0.15, 0.2) is 46.5 Å². The van der Waals surface area contributed by atoms with Crippen LogP contribution in [-0.4, -0.2) is 9.13 Å². The van der Waals surface area contributed by atoms with Gasteiger partial charge in [-0.25, -0.2) is 0 Å². The number of thiophene rings is 1. The zero-order chi connectivity index (χ0) is 13.7. The van der Waals surface area contributed by atoms with Gasteiger partial charge < -0.3 is 0 Å². The molecular weight excluding hydrogens is 282 g/mol. The molecule has 6 heteroatoms. The zero-order valence-corrected chi connectivity index (χ0v) is 11.5. The summed E-state index contributed by atoms with van der Waals surface area (Å²) in [7, 11) is -1.12. The molecule has 1 aromatic carbocycles. The van der Waals surface area contributed by atoms with Gasteiger partial charge in [0, 0.05) is 17.5 Å². The second-order valence-corrected chi connectivity index (χ2v) is 5.91. The highest BCUT2D eigenvalue weighted by Crippen LogP contribution is 2.14. The average Bonchev–Trinajstić information content (AvgIpc) is 2.90. The molecule has 1 aromatic heterocycles. The van der Waals surface area contributed by atoms with Gasteiger partial charge in [0.25, 0.3) is 5.69 Å². The van der Waals surface area contributed by atoms with E-state index in [0.717, 1.165) is 11.1 Å². The van der Waals surface area contributed by atoms with E-state index in [4.69, 9.17) is 0 Å². The standard InChI is InChI=1S/C13H11NO3S2/c15-14(16)13-3-1-12(2-4-13)10-19(17)8-6-11-5-7-18-9-11/h1-9H,10H2/b8-6+. The molecule has 1 atom stereocenters. The van der Waals surface area contributed by atoms with Crippen molar-refractivity contribution >= 4 is 33.9 Å². The lowest BCUT2D eigenvalue weighted by molar-refractivity contribution is -0.384. The minimum atomic E-state index is -1.12. The van der Waals surface area contributed by atoms with Crippen LogP contribution in [0.3, 0.4) is 0 Å². The van der Waals surface area contributed by atoms with Crippen LogP contribution in [0, 0.1) is 10.1 Å². The molecule has 0 aliphatic rings. The highest BCUT2D eigenvalue weighted by Gasteiger charge is 2.05. The maximum absolute atomic E-state index is 11.8. The maximum Gasteiger partial charge on any atom is 0.269 e. The number of nitro benzene ring substituents is 1. The Bertz CT molecular complexity index is 603. The third kappa shape index (κ3) is 4.11. The molecule has 0 N–H and O–H groups in total. The van der Waals surface area contributed by atoms with Crippen molar-refractivity contribution in [1.29, 1.82) is 0 Å². The van der Waals surface area contributed by atoms with E-state index in [-0.39, 0.29) is 5.69 Å². The average molecular weight is 293 g/mol. The monoisotopic (exact) mass is 293 g/mol. The minimum absolute atomic E-state index is 0.0448. The predicted molar refractivity (Wildman–Crippen MR) is 78.3 cm³/mol. The maximum atomic E-state index is 11.8. The van der Waals surface area contributed by atoms with Crippen molar-refractivity contribution < 1.29 is 9.13 Å². The molecule has 19 heavy (non-hydrogen) atoms. The number of nitro groups is 1. The number of hydrogen-bond donors (Lipinski definition) is 0. The summed E-state index contributed by atoms with van der Waals surface area (Å²) in [5.74, 6) is 0.360. The zero-order valence-electron chi connectivity index (χ0n) is 9.89. The van der Waals surface area contributed by atoms with Gasteiger partial charge in [0.2, 0.25) is 0 Å². The molecule has 98 valence electrons. The van der Waals surface area contributed by atoms with Gasteiger partial charge in [-0.2, -0.15) is 11.3 Å². The van der Waals surface area contributed by atoms with Crippen molar-refractivity contribution in [3.05, 3.63) is 67.7 Å². The fourth-order valence-electron chi connectivity index (χ4n) is 1.45. The van der Waals surface area contributed by atoms with Gasteiger partial charge in [-0.05, 0) is 34.0 Å². The van der Waals surface area contributed by atoms with Crippen molar-refractivity contribution in [2.75, 3.05) is 0 Å². The lowest BCUT2D eigenvalue weighted by Gasteiger charge is -1.98. The Morgan fingerprint density at radius 2 is 2.00 bits per heavy atom. The molecule has 0 aliphatic heterocycles. The molecular formula is C13H11NO3S2. The second-order valence-electron chi connectivity index (χ2n) is 3.81. The molecule has 4 nitrogen and oxygen atoms in total. The predicted octanol–water partition coefficient (Wildman–Crippen LogP) is 3.58. The molecule has 1 unspecified atom stereocenters. The van der Waals surface area contributed by atoms with Crippen molar-refractivity contribution in [3.63, 3.8) is 0 Å². The Kier molecular flexibility index (Phi) is 4.59. The smallest absolute Gasteiger partial charge is 0.258 e. The molecule has 1 heterocycles. The minimum Gasteiger partial charge on any atom is -0.258 e. The normalized spacial score (nSPS) is 12.6. The highest BCUT2D eigenvalue weighted by atomic mass is 32.2. The summed E-state index contributed by atoms with van der Waals surface area (Å²) in [6, 6.07) is 8.07. The largest absolute Gasteiger partial charge is 0.269 e. The van der Waals surface area contributed by atoms with Gasteiger partial charge in [-0.15, -0.1) is 0 Å². The molecule has 0 saturated carbocycles. The first-order valence-corrected chi connectivity index (χ1v) is 7.78. The van der Waals surface area contributed by atoms with E-state index < -0.39 is 15.7 Å². The van der Waals surface area contributed by atoms with Crippen LogP contribution < -0.4 is 0 Å². The van der Waals surface area contributed by atoms with Gasteiger partial charge in [-0.3, -0.25) is 14.3 Å². The van der Waals surface area contributed by atoms with Crippen LogP contribution in [0.5, 0.6) is 0 Å². The Labute approximate surface area is 117 Å². The van der Waals surface area contributed by atoms with E-state index in [1.165, 1.54) is 12.1 Å². The molecule has 0 spiro atoms. The van der Waals surface area contributed by atoms with Crippen LogP contribution in [0.25, 0.3) is 6.08 Å². The summed E-state index contributed by atoms with van der Waals surface area (Å²) in [5.41, 5.74) is 1.89. The van der Waals surface area contributed by atoms with E-state index >= 15 is 0 Å². The summed E-state index contributed by atoms with van der Waals surface area (Å²) in [4.78, 5) is 10.1. The number of non-ortho nitro benzene ring substituents is 1. The van der Waals surface area contributed by atoms with Crippen LogP contribution in [0.4, 0.5) is 5.69 Å². The molecule has 0 amide bonds. The lowest BCUT2D eigenvalue weighted by atomic mass is 10.2. The van der Waals surface area contributed by atoms with Crippen molar-refractivity contribution in [3.8, 4) is 0 Å². The van der Waals surface area contributed by atoms with Gasteiger partial charge in [0.05, 0.1) is 21.5 Å². The van der Waals surface area contributed by atoms with E-state index in [0.29, 0.717) is 5.75 Å². The Morgan fingerprint density at radius 3 is 2.58 bits per heavy atom. The van der Waals surface area contributed by atoms with Gasteiger partial charge >= 0.3 is 0 Å². The van der Waals surface area contributed by atoms with Crippen molar-refractivity contribution in [1.82, 2.24) is 0 Å². The summed E-state index contributed by atoms with van der Waals surface area (Å²) in [6.07, 6.45) is 1.82. The number of benzene rings is 1. The fourth-order valence-corrected chi connectivity index (χ4v) is 3.01. The SMILES string of the molecule is O=[N+]([O-])c1ccc(CS(=O)/C=C/c2ccsc2)cc1. The first-order chi connectivity index (χ1) is 9.15. The third-order valence-corrected chi connectivity index (χ3v) is 4.17. The molecule has 2 aromatic rings. The van der Waals surface area contributed by atoms with Crippen molar-refractivity contribution in [2.24, 2.45) is 0 Å². The Morgan fingerprint density at radius 1 is 1.26 bits per heavy atom. The second kappa shape index (κ2) is 6.40. The van der Waals surface area contributed by atoms with Crippen LogP contribution in [0.1, 0.15) is 11.1 Å². The summed E-state index contributed by atoms with van der Waals surface area (Å²) < 4.78 is 11.8. The van der Waals surface area contributed by atoms with Crippen LogP contribution in [-0.2, 0) is 16.6 Å². The highest BCUT2D eigenvalue weighted by molar-refractivity contribution is 7.87. The molecule has 0 aliphatic carbocycles. The van der Waals surface area contributed by atoms with Gasteiger partial charge in [0.1, 0.15) is 0 Å². The first-order valence-electron chi connectivity index (χ1n) is 5.46. The summed E-state index contributed by atoms with van der Waals surface area (Å²) in [6.45, 7) is 0. The van der Waals surface area contributed by atoms with E-state index in [2.05, 4.69) is 0 Å². The summed E-state index contributed by atoms with van der Waals surface area (Å²) in [5, 5.41) is 16.1. The van der Waals surface area contributed by atoms with Crippen LogP contribution in [0.2, 0.25) is 0 Å². The topological polar surface area (TPSA) is 60.2 Å². The van der Waals surface area contributed by atoms with E-state index in [9.17, 15) is 14.3 Å². The number of rotatable bonds is 5.